The van der Waals surface area contributed by atoms with Gasteiger partial charge in [-0.3, -0.25) is 33.8 Å². The molecule has 0 spiro atoms. The van der Waals surface area contributed by atoms with Crippen LogP contribution in [0.1, 0.15) is 45.1 Å². The molecule has 0 aliphatic heterocycles. The normalized spacial score (nSPS) is 14.4. The van der Waals surface area contributed by atoms with E-state index in [1.165, 1.54) is 0 Å². The first-order valence-electron chi connectivity index (χ1n) is 15.5. The van der Waals surface area contributed by atoms with Crippen molar-refractivity contribution in [3.05, 3.63) is 35.9 Å². The van der Waals surface area contributed by atoms with Gasteiger partial charge in [-0.2, -0.15) is 12.6 Å². The van der Waals surface area contributed by atoms with Crippen LogP contribution in [0.25, 0.3) is 0 Å². The largest absolute Gasteiger partial charge is 0.481 e. The average Bonchev–Trinajstić information content (AvgIpc) is 3.05. The molecule has 18 nitrogen and oxygen atoms in total. The summed E-state index contributed by atoms with van der Waals surface area (Å²) in [5.41, 5.74) is 16.8. The van der Waals surface area contributed by atoms with Crippen LogP contribution in [0.2, 0.25) is 0 Å². The molecule has 49 heavy (non-hydrogen) atoms. The molecule has 1 aromatic rings. The van der Waals surface area contributed by atoms with Gasteiger partial charge in [0.05, 0.1) is 13.0 Å². The number of rotatable bonds is 22. The quantitative estimate of drug-likeness (QED) is 0.0252. The van der Waals surface area contributed by atoms with Gasteiger partial charge in [0.2, 0.25) is 29.5 Å². The van der Waals surface area contributed by atoms with Crippen molar-refractivity contribution in [1.29, 1.82) is 0 Å². The van der Waals surface area contributed by atoms with E-state index in [0.29, 0.717) is 18.4 Å². The first kappa shape index (κ1) is 42.1. The Labute approximate surface area is 289 Å². The maximum Gasteiger partial charge on any atom is 0.326 e. The van der Waals surface area contributed by atoms with E-state index >= 15 is 0 Å². The highest BCUT2D eigenvalue weighted by Gasteiger charge is 2.34. The molecular weight excluding hydrogens is 662 g/mol. The molecule has 0 unspecified atom stereocenters. The van der Waals surface area contributed by atoms with Gasteiger partial charge < -0.3 is 54.0 Å². The Hall–Kier alpha value is -4.91. The number of aliphatic carboxylic acids is 2. The number of guanidine groups is 1. The van der Waals surface area contributed by atoms with Crippen LogP contribution in [-0.2, 0) is 40.0 Å². The number of nitrogens with one attached hydrogen (secondary N) is 5. The number of thiol groups is 1. The number of aliphatic imine (C=N–C) groups is 1. The number of nitrogens with zero attached hydrogens (tertiary/aromatic N) is 1. The fraction of sp³-hybridized carbons (Fsp3) is 0.533. The van der Waals surface area contributed by atoms with E-state index in [9.17, 15) is 38.7 Å². The number of amides is 5. The lowest BCUT2D eigenvalue weighted by molar-refractivity contribution is -0.147. The summed E-state index contributed by atoms with van der Waals surface area (Å²) in [6.45, 7) is 3.29. The maximum atomic E-state index is 13.8. The summed E-state index contributed by atoms with van der Waals surface area (Å²) >= 11 is 4.08. The van der Waals surface area contributed by atoms with E-state index in [1.54, 1.807) is 44.2 Å². The van der Waals surface area contributed by atoms with Crippen LogP contribution in [0, 0.1) is 5.92 Å². The van der Waals surface area contributed by atoms with E-state index in [1.807, 2.05) is 0 Å². The van der Waals surface area contributed by atoms with Gasteiger partial charge in [-0.1, -0.05) is 50.6 Å². The van der Waals surface area contributed by atoms with Crippen molar-refractivity contribution in [2.45, 2.75) is 76.2 Å². The molecule has 0 radical (unpaired) electrons. The summed E-state index contributed by atoms with van der Waals surface area (Å²) in [5.74, 6) is -7.80. The predicted molar refractivity (Wildman–Crippen MR) is 182 cm³/mol. The van der Waals surface area contributed by atoms with Gasteiger partial charge in [0.1, 0.15) is 30.2 Å². The third-order valence-electron chi connectivity index (χ3n) is 7.30. The first-order chi connectivity index (χ1) is 23.1. The number of carbonyl (C=O) groups is 7. The van der Waals surface area contributed by atoms with E-state index in [0.717, 1.165) is 0 Å². The Balaban J connectivity index is 3.27. The van der Waals surface area contributed by atoms with Crippen LogP contribution in [0.3, 0.4) is 0 Å². The van der Waals surface area contributed by atoms with Gasteiger partial charge in [-0.15, -0.1) is 0 Å². The van der Waals surface area contributed by atoms with Crippen molar-refractivity contribution in [2.75, 3.05) is 18.8 Å². The third-order valence-corrected chi connectivity index (χ3v) is 7.67. The molecule has 0 saturated heterocycles. The number of carboxylic acids is 2. The van der Waals surface area contributed by atoms with Crippen molar-refractivity contribution in [1.82, 2.24) is 26.6 Å². The minimum Gasteiger partial charge on any atom is -0.481 e. The van der Waals surface area contributed by atoms with E-state index in [2.05, 4.69) is 44.2 Å². The highest BCUT2D eigenvalue weighted by molar-refractivity contribution is 7.80. The van der Waals surface area contributed by atoms with Crippen LogP contribution in [0.5, 0.6) is 0 Å². The van der Waals surface area contributed by atoms with Crippen LogP contribution in [0.15, 0.2) is 35.3 Å². The molecule has 0 aromatic heterocycles. The van der Waals surface area contributed by atoms with Crippen molar-refractivity contribution < 1.29 is 43.8 Å². The highest BCUT2D eigenvalue weighted by Crippen LogP contribution is 2.12. The van der Waals surface area contributed by atoms with E-state index < -0.39 is 84.0 Å². The van der Waals surface area contributed by atoms with Crippen LogP contribution >= 0.6 is 12.6 Å². The molecule has 6 atom stereocenters. The van der Waals surface area contributed by atoms with Gasteiger partial charge in [0.25, 0.3) is 0 Å². The molecular formula is C30H47N9O9S. The fourth-order valence-corrected chi connectivity index (χ4v) is 4.67. The maximum absolute atomic E-state index is 13.8. The minimum absolute atomic E-state index is 0.0444. The standard InChI is InChI=1S/C30H47N9O9S/c1-3-16(2)24(39-25(43)18(35-22(40)14-31)10-7-11-34-30(32)33)28(46)36-19(12-17-8-5-4-6-9-17)26(44)38-21(15-49)27(45)37-20(29(47)48)13-23(41)42/h4-6,8-9,16,18-21,24,49H,3,7,10-15,31H2,1-2H3,(H,35,40)(H,36,46)(H,37,45)(H,38,44)(H,39,43)(H,41,42)(H,47,48)(H4,32,33,34)/t16-,18-,19-,20-,21-,24-/m0/s1. The SMILES string of the molecule is CC[C@H](C)[C@H](NC(=O)[C@H](CCCN=C(N)N)NC(=O)CN)C(=O)N[C@@H](Cc1ccccc1)C(=O)N[C@@H](CS)C(=O)N[C@@H](CC(=O)O)C(=O)O. The second-order valence-corrected chi connectivity index (χ2v) is 11.5. The molecule has 0 heterocycles. The van der Waals surface area contributed by atoms with Crippen molar-refractivity contribution >= 4 is 60.1 Å². The topological polar surface area (TPSA) is 311 Å². The van der Waals surface area contributed by atoms with Crippen LogP contribution in [0.4, 0.5) is 0 Å². The van der Waals surface area contributed by atoms with Crippen molar-refractivity contribution in [2.24, 2.45) is 28.1 Å². The average molecular weight is 710 g/mol. The van der Waals surface area contributed by atoms with Gasteiger partial charge in [-0.25, -0.2) is 4.79 Å². The Kier molecular flexibility index (Phi) is 18.8. The molecule has 1 rings (SSSR count). The zero-order chi connectivity index (χ0) is 37.1. The summed E-state index contributed by atoms with van der Waals surface area (Å²) in [7, 11) is 0. The Morgan fingerprint density at radius 3 is 1.92 bits per heavy atom. The lowest BCUT2D eigenvalue weighted by Crippen LogP contribution is -2.60. The number of carbonyl (C=O) groups excluding carboxylic acids is 5. The molecule has 0 aliphatic carbocycles. The number of carboxylic acid groups (broad SMARTS) is 2. The Bertz CT molecular complexity index is 1330. The van der Waals surface area contributed by atoms with Gasteiger partial charge in [0.15, 0.2) is 5.96 Å². The number of hydrogen-bond donors (Lipinski definition) is 11. The smallest absolute Gasteiger partial charge is 0.326 e. The van der Waals surface area contributed by atoms with E-state index in [4.69, 9.17) is 22.3 Å². The van der Waals surface area contributed by atoms with Gasteiger partial charge >= 0.3 is 11.9 Å². The summed E-state index contributed by atoms with van der Waals surface area (Å²) in [6, 6.07) is 1.88. The lowest BCUT2D eigenvalue weighted by atomic mass is 9.96. The molecule has 272 valence electrons. The second kappa shape index (κ2) is 21.9. The van der Waals surface area contributed by atoms with Crippen LogP contribution < -0.4 is 43.8 Å². The molecule has 5 amide bonds. The zero-order valence-corrected chi connectivity index (χ0v) is 28.3. The fourth-order valence-electron chi connectivity index (χ4n) is 4.42. The molecule has 0 bridgehead atoms. The molecule has 1 aromatic carbocycles. The third kappa shape index (κ3) is 15.7. The zero-order valence-electron chi connectivity index (χ0n) is 27.4. The summed E-state index contributed by atoms with van der Waals surface area (Å²) in [5, 5.41) is 30.6. The summed E-state index contributed by atoms with van der Waals surface area (Å²) in [6.07, 6.45) is -0.0937. The van der Waals surface area contributed by atoms with Crippen molar-refractivity contribution in [3.8, 4) is 0 Å². The Morgan fingerprint density at radius 2 is 1.39 bits per heavy atom. The number of benzene rings is 1. The number of hydrogen-bond acceptors (Lipinski definition) is 10. The summed E-state index contributed by atoms with van der Waals surface area (Å²) in [4.78, 5) is 92.0. The Morgan fingerprint density at radius 1 is 0.816 bits per heavy atom. The molecule has 19 heteroatoms. The second-order valence-electron chi connectivity index (χ2n) is 11.1. The van der Waals surface area contributed by atoms with Crippen LogP contribution in [-0.4, -0.2) is 107 Å². The number of nitrogens with two attached hydrogens (primary N) is 3. The lowest BCUT2D eigenvalue weighted by Gasteiger charge is -2.29. The van der Waals surface area contributed by atoms with E-state index in [-0.39, 0.29) is 37.6 Å². The first-order valence-corrected chi connectivity index (χ1v) is 16.1. The van der Waals surface area contributed by atoms with Crippen molar-refractivity contribution in [3.63, 3.8) is 0 Å². The molecule has 0 saturated carbocycles. The summed E-state index contributed by atoms with van der Waals surface area (Å²) < 4.78 is 0. The minimum atomic E-state index is -1.77. The monoisotopic (exact) mass is 709 g/mol. The predicted octanol–water partition coefficient (Wildman–Crippen LogP) is -2.80. The van der Waals surface area contributed by atoms with Gasteiger partial charge in [0, 0.05) is 18.7 Å². The highest BCUT2D eigenvalue weighted by atomic mass is 32.1. The molecule has 13 N–H and O–H groups in total. The molecule has 0 fully saturated rings. The van der Waals surface area contributed by atoms with Gasteiger partial charge in [-0.05, 0) is 24.3 Å². The molecule has 0 aliphatic rings.